The second kappa shape index (κ2) is 41.3. The van der Waals surface area contributed by atoms with E-state index >= 15 is 0 Å². The molecule has 0 aliphatic carbocycles. The lowest BCUT2D eigenvalue weighted by Gasteiger charge is -2.48. The zero-order chi connectivity index (χ0) is 56.2. The maximum Gasteiger partial charge on any atom is 0.220 e. The monoisotopic (exact) mass is 1100 g/mol. The van der Waals surface area contributed by atoms with Crippen molar-refractivity contribution in [3.05, 3.63) is 72.9 Å². The lowest BCUT2D eigenvalue weighted by molar-refractivity contribution is -0.379. The Labute approximate surface area is 458 Å². The number of nitrogens with one attached hydrogen (secondary N) is 1. The molecule has 17 atom stereocenters. The first kappa shape index (κ1) is 68.5. The molecule has 3 fully saturated rings. The number of amides is 1. The van der Waals surface area contributed by atoms with Gasteiger partial charge in [0, 0.05) is 6.42 Å². The number of ether oxygens (including phenoxy) is 6. The molecular formula is C58H99NO18. The molecule has 0 radical (unpaired) electrons. The molecule has 19 nitrogen and oxygen atoms in total. The highest BCUT2D eigenvalue weighted by atomic mass is 16.8. The van der Waals surface area contributed by atoms with Crippen LogP contribution in [0.3, 0.4) is 0 Å². The number of hydrogen-bond donors (Lipinski definition) is 12. The Bertz CT molecular complexity index is 1690. The molecule has 0 aromatic carbocycles. The maximum atomic E-state index is 13.3. The average molecular weight is 1100 g/mol. The van der Waals surface area contributed by atoms with Crippen LogP contribution in [-0.4, -0.2) is 193 Å². The van der Waals surface area contributed by atoms with Crippen molar-refractivity contribution in [2.45, 2.75) is 259 Å². The maximum absolute atomic E-state index is 13.3. The molecular weight excluding hydrogens is 999 g/mol. The number of carbonyl (C=O) groups is 1. The zero-order valence-electron chi connectivity index (χ0n) is 45.9. The fraction of sp³-hybridized carbons (Fsp3) is 0.776. The highest BCUT2D eigenvalue weighted by Crippen LogP contribution is 2.33. The predicted octanol–water partition coefficient (Wildman–Crippen LogP) is 4.26. The molecule has 0 bridgehead atoms. The summed E-state index contributed by atoms with van der Waals surface area (Å²) >= 11 is 0. The molecule has 1 amide bonds. The molecule has 3 aliphatic heterocycles. The first-order valence-electron chi connectivity index (χ1n) is 28.7. The number of rotatable bonds is 40. The van der Waals surface area contributed by atoms with E-state index in [4.69, 9.17) is 28.4 Å². The highest BCUT2D eigenvalue weighted by molar-refractivity contribution is 5.76. The van der Waals surface area contributed by atoms with Crippen molar-refractivity contribution in [2.24, 2.45) is 0 Å². The summed E-state index contributed by atoms with van der Waals surface area (Å²) in [5.74, 6) is -0.323. The van der Waals surface area contributed by atoms with Crippen molar-refractivity contribution in [1.29, 1.82) is 0 Å². The van der Waals surface area contributed by atoms with E-state index in [0.29, 0.717) is 12.8 Å². The third kappa shape index (κ3) is 25.7. The van der Waals surface area contributed by atoms with E-state index in [1.165, 1.54) is 57.8 Å². The summed E-state index contributed by atoms with van der Waals surface area (Å²) in [7, 11) is 0. The number of aliphatic hydroxyl groups excluding tert-OH is 11. The van der Waals surface area contributed by atoms with E-state index < -0.39 is 124 Å². The van der Waals surface area contributed by atoms with E-state index in [2.05, 4.69) is 79.9 Å². The topological polar surface area (TPSA) is 307 Å². The van der Waals surface area contributed by atoms with Gasteiger partial charge < -0.3 is 89.9 Å². The lowest BCUT2D eigenvalue weighted by atomic mass is 9.96. The van der Waals surface area contributed by atoms with Gasteiger partial charge in [-0.3, -0.25) is 4.79 Å². The van der Waals surface area contributed by atoms with Crippen LogP contribution in [0, 0.1) is 0 Å². The van der Waals surface area contributed by atoms with Crippen LogP contribution in [0.2, 0.25) is 0 Å². The van der Waals surface area contributed by atoms with Crippen LogP contribution in [-0.2, 0) is 33.2 Å². The molecule has 0 spiro atoms. The lowest BCUT2D eigenvalue weighted by Crippen LogP contribution is -2.66. The number of aliphatic hydroxyl groups is 11. The SMILES string of the molecule is CC/C=C\C/C=C\C/C=C\CCCCCC(=O)NC(COC1OC(CO)C(OC2OC(CO)C(OC3OC(CO)C(O)C(O)C3O)C(O)C2O)C(O)C1O)C(O)/C=C/CC/C=C/CC/C=C/CCCCCCCCCCC. The van der Waals surface area contributed by atoms with Crippen LogP contribution < -0.4 is 5.32 Å². The summed E-state index contributed by atoms with van der Waals surface area (Å²) in [6.07, 6.45) is 20.4. The number of hydrogen-bond acceptors (Lipinski definition) is 18. The fourth-order valence-corrected chi connectivity index (χ4v) is 9.23. The van der Waals surface area contributed by atoms with Gasteiger partial charge in [0.1, 0.15) is 73.2 Å². The molecule has 12 N–H and O–H groups in total. The van der Waals surface area contributed by atoms with Gasteiger partial charge in [-0.15, -0.1) is 0 Å². The Morgan fingerprint density at radius 2 is 0.909 bits per heavy atom. The largest absolute Gasteiger partial charge is 0.394 e. The summed E-state index contributed by atoms with van der Waals surface area (Å²) < 4.78 is 34.1. The molecule has 3 saturated heterocycles. The van der Waals surface area contributed by atoms with Crippen LogP contribution in [0.4, 0.5) is 0 Å². The summed E-state index contributed by atoms with van der Waals surface area (Å²) in [4.78, 5) is 13.3. The molecule has 444 valence electrons. The van der Waals surface area contributed by atoms with Gasteiger partial charge in [-0.05, 0) is 77.0 Å². The Kier molecular flexibility index (Phi) is 36.7. The number of unbranched alkanes of at least 4 members (excludes halogenated alkanes) is 14. The minimum atomic E-state index is -1.99. The van der Waals surface area contributed by atoms with E-state index in [-0.39, 0.29) is 18.9 Å². The molecule has 0 saturated carbocycles. The van der Waals surface area contributed by atoms with Crippen LogP contribution >= 0.6 is 0 Å². The van der Waals surface area contributed by atoms with Crippen molar-refractivity contribution >= 4 is 5.91 Å². The molecule has 3 rings (SSSR count). The fourth-order valence-electron chi connectivity index (χ4n) is 9.23. The minimum absolute atomic E-state index is 0.193. The van der Waals surface area contributed by atoms with Crippen LogP contribution in [0.5, 0.6) is 0 Å². The average Bonchev–Trinajstić information content (AvgIpc) is 3.43. The Morgan fingerprint density at radius 1 is 0.481 bits per heavy atom. The van der Waals surface area contributed by atoms with E-state index in [0.717, 1.165) is 64.2 Å². The summed E-state index contributed by atoms with van der Waals surface area (Å²) in [5.41, 5.74) is 0. The van der Waals surface area contributed by atoms with Gasteiger partial charge in [-0.2, -0.15) is 0 Å². The first-order chi connectivity index (χ1) is 37.3. The van der Waals surface area contributed by atoms with Gasteiger partial charge in [0.15, 0.2) is 18.9 Å². The minimum Gasteiger partial charge on any atom is -0.394 e. The van der Waals surface area contributed by atoms with Crippen LogP contribution in [0.15, 0.2) is 72.9 Å². The second-order valence-corrected chi connectivity index (χ2v) is 20.3. The Hall–Kier alpha value is -2.77. The molecule has 0 aromatic rings. The molecule has 0 aromatic heterocycles. The van der Waals surface area contributed by atoms with Crippen molar-refractivity contribution in [1.82, 2.24) is 5.32 Å². The van der Waals surface area contributed by atoms with Crippen molar-refractivity contribution < 1.29 is 89.4 Å². The zero-order valence-corrected chi connectivity index (χ0v) is 45.9. The summed E-state index contributed by atoms with van der Waals surface area (Å²) in [6.45, 7) is 1.52. The predicted molar refractivity (Wildman–Crippen MR) is 291 cm³/mol. The number of carbonyl (C=O) groups excluding carboxylic acids is 1. The third-order valence-electron chi connectivity index (χ3n) is 14.0. The number of allylic oxidation sites excluding steroid dienone is 11. The highest BCUT2D eigenvalue weighted by Gasteiger charge is 2.53. The van der Waals surface area contributed by atoms with Crippen LogP contribution in [0.1, 0.15) is 155 Å². The van der Waals surface area contributed by atoms with E-state index in [9.17, 15) is 61.0 Å². The summed E-state index contributed by atoms with van der Waals surface area (Å²) in [6, 6.07) is -1.01. The van der Waals surface area contributed by atoms with E-state index in [1.54, 1.807) is 6.08 Å². The second-order valence-electron chi connectivity index (χ2n) is 20.3. The van der Waals surface area contributed by atoms with Gasteiger partial charge in [-0.25, -0.2) is 0 Å². The van der Waals surface area contributed by atoms with Gasteiger partial charge in [0.25, 0.3) is 0 Å². The van der Waals surface area contributed by atoms with Crippen molar-refractivity contribution in [3.63, 3.8) is 0 Å². The normalized spacial score (nSPS) is 31.3. The third-order valence-corrected chi connectivity index (χ3v) is 14.0. The molecule has 77 heavy (non-hydrogen) atoms. The molecule has 19 heteroatoms. The van der Waals surface area contributed by atoms with Crippen molar-refractivity contribution in [3.8, 4) is 0 Å². The van der Waals surface area contributed by atoms with Crippen molar-refractivity contribution in [2.75, 3.05) is 26.4 Å². The molecule has 17 unspecified atom stereocenters. The quantitative estimate of drug-likeness (QED) is 0.0301. The molecule has 3 heterocycles. The molecule has 3 aliphatic rings. The van der Waals surface area contributed by atoms with Gasteiger partial charge in [0.2, 0.25) is 5.91 Å². The van der Waals surface area contributed by atoms with Gasteiger partial charge in [0.05, 0.1) is 38.6 Å². The van der Waals surface area contributed by atoms with Crippen LogP contribution in [0.25, 0.3) is 0 Å². The van der Waals surface area contributed by atoms with Gasteiger partial charge >= 0.3 is 0 Å². The standard InChI is InChI=1S/C58H99NO18/c1-3-5-7-9-11-13-15-17-18-19-20-21-22-24-25-27-29-31-33-35-42(63)41(59-46(64)36-34-32-30-28-26-23-16-14-12-10-8-6-4-2)40-72-56-52(70)49(67)54(44(38-61)74-56)77-58-53(71)50(68)55(45(39-62)75-58)76-57-51(69)48(66)47(65)43(37-60)73-57/h6,8,12,14,20-21,23,25-27,33,35,41-45,47-58,60-63,65-71H,3-5,7,9-11,13,15-19,22,24,28-32,34,36-40H2,1-2H3,(H,59,64)/b8-6-,14-12-,21-20+,26-23-,27-25+,35-33+. The summed E-state index contributed by atoms with van der Waals surface area (Å²) in [5, 5.41) is 120. The Morgan fingerprint density at radius 3 is 1.45 bits per heavy atom. The smallest absolute Gasteiger partial charge is 0.220 e. The first-order valence-corrected chi connectivity index (χ1v) is 28.7. The Balaban J connectivity index is 1.55. The van der Waals surface area contributed by atoms with E-state index in [1.807, 2.05) is 6.08 Å². The van der Waals surface area contributed by atoms with Gasteiger partial charge in [-0.1, -0.05) is 145 Å².